The van der Waals surface area contributed by atoms with Gasteiger partial charge in [0, 0.05) is 13.1 Å². The lowest BCUT2D eigenvalue weighted by Gasteiger charge is -2.16. The predicted octanol–water partition coefficient (Wildman–Crippen LogP) is 2.04. The summed E-state index contributed by atoms with van der Waals surface area (Å²) in [6.07, 6.45) is 0.102. The van der Waals surface area contributed by atoms with Crippen LogP contribution in [0.1, 0.15) is 17.5 Å². The lowest BCUT2D eigenvalue weighted by molar-refractivity contribution is -0.137. The maximum Gasteiger partial charge on any atom is 0.304 e. The quantitative estimate of drug-likeness (QED) is 0.833. The molecule has 0 unspecified atom stereocenters. The molecule has 1 N–H and O–H groups in total. The molecule has 1 rings (SSSR count). The second kappa shape index (κ2) is 5.61. The van der Waals surface area contributed by atoms with E-state index in [4.69, 9.17) is 5.11 Å². The Balaban J connectivity index is 2.58. The molecule has 0 heterocycles. The predicted molar refractivity (Wildman–Crippen MR) is 59.7 cm³/mol. The summed E-state index contributed by atoms with van der Waals surface area (Å²) in [4.78, 5) is 12.3. The van der Waals surface area contributed by atoms with Crippen LogP contribution in [0.3, 0.4) is 0 Å². The zero-order valence-electron chi connectivity index (χ0n) is 9.53. The number of carbonyl (C=O) groups is 1. The second-order valence-corrected chi connectivity index (χ2v) is 3.95. The van der Waals surface area contributed by atoms with Crippen molar-refractivity contribution < 1.29 is 14.3 Å². The van der Waals surface area contributed by atoms with Crippen LogP contribution in [-0.2, 0) is 11.3 Å². The van der Waals surface area contributed by atoms with Gasteiger partial charge >= 0.3 is 5.97 Å². The molecule has 1 aromatic rings. The third kappa shape index (κ3) is 3.98. The smallest absolute Gasteiger partial charge is 0.304 e. The highest BCUT2D eigenvalue weighted by molar-refractivity contribution is 5.66. The van der Waals surface area contributed by atoms with Crippen molar-refractivity contribution in [3.05, 3.63) is 35.1 Å². The van der Waals surface area contributed by atoms with Gasteiger partial charge in [-0.2, -0.15) is 0 Å². The van der Waals surface area contributed by atoms with E-state index in [2.05, 4.69) is 0 Å². The standard InChI is InChI=1S/C12H16FNO2/c1-9-3-4-11(13)7-10(9)8-14(2)6-5-12(15)16/h3-4,7H,5-6,8H2,1-2H3,(H,15,16). The number of rotatable bonds is 5. The summed E-state index contributed by atoms with van der Waals surface area (Å²) in [5.74, 6) is -1.07. The molecule has 0 aliphatic heterocycles. The normalized spacial score (nSPS) is 10.8. The summed E-state index contributed by atoms with van der Waals surface area (Å²) >= 11 is 0. The van der Waals surface area contributed by atoms with Gasteiger partial charge in [0.25, 0.3) is 0 Å². The van der Waals surface area contributed by atoms with Crippen molar-refractivity contribution in [1.29, 1.82) is 0 Å². The summed E-state index contributed by atoms with van der Waals surface area (Å²) in [6.45, 7) is 2.95. The van der Waals surface area contributed by atoms with Crippen LogP contribution in [0.15, 0.2) is 18.2 Å². The van der Waals surface area contributed by atoms with Crippen molar-refractivity contribution in [2.45, 2.75) is 19.9 Å². The minimum atomic E-state index is -0.817. The third-order valence-electron chi connectivity index (χ3n) is 2.46. The van der Waals surface area contributed by atoms with Crippen molar-refractivity contribution in [3.8, 4) is 0 Å². The van der Waals surface area contributed by atoms with Crippen molar-refractivity contribution in [1.82, 2.24) is 4.90 Å². The van der Waals surface area contributed by atoms with E-state index in [1.54, 1.807) is 6.07 Å². The number of nitrogens with zero attached hydrogens (tertiary/aromatic N) is 1. The molecule has 16 heavy (non-hydrogen) atoms. The van der Waals surface area contributed by atoms with Gasteiger partial charge in [0.05, 0.1) is 6.42 Å². The fraction of sp³-hybridized carbons (Fsp3) is 0.417. The van der Waals surface area contributed by atoms with Gasteiger partial charge in [0.1, 0.15) is 5.82 Å². The van der Waals surface area contributed by atoms with E-state index < -0.39 is 5.97 Å². The molecule has 1 aromatic carbocycles. The number of hydrogen-bond donors (Lipinski definition) is 1. The van der Waals surface area contributed by atoms with E-state index in [1.165, 1.54) is 12.1 Å². The Morgan fingerprint density at radius 2 is 2.19 bits per heavy atom. The van der Waals surface area contributed by atoms with Crippen LogP contribution in [0.2, 0.25) is 0 Å². The van der Waals surface area contributed by atoms with Gasteiger partial charge < -0.3 is 10.0 Å². The lowest BCUT2D eigenvalue weighted by Crippen LogP contribution is -2.21. The van der Waals surface area contributed by atoms with Crippen LogP contribution in [-0.4, -0.2) is 29.6 Å². The highest BCUT2D eigenvalue weighted by atomic mass is 19.1. The Bertz CT molecular complexity index is 379. The minimum Gasteiger partial charge on any atom is -0.481 e. The fourth-order valence-corrected chi connectivity index (χ4v) is 1.47. The van der Waals surface area contributed by atoms with Crippen LogP contribution >= 0.6 is 0 Å². The van der Waals surface area contributed by atoms with E-state index >= 15 is 0 Å². The van der Waals surface area contributed by atoms with Crippen molar-refractivity contribution in [3.63, 3.8) is 0 Å². The first-order chi connectivity index (χ1) is 7.49. The number of aliphatic carboxylic acids is 1. The molecule has 3 nitrogen and oxygen atoms in total. The minimum absolute atomic E-state index is 0.102. The molecule has 0 atom stereocenters. The number of halogens is 1. The first-order valence-corrected chi connectivity index (χ1v) is 5.14. The van der Waals surface area contributed by atoms with Gasteiger partial charge in [-0.05, 0) is 37.2 Å². The summed E-state index contributed by atoms with van der Waals surface area (Å²) in [5.41, 5.74) is 1.91. The number of aryl methyl sites for hydroxylation is 1. The molecular weight excluding hydrogens is 209 g/mol. The van der Waals surface area contributed by atoms with Gasteiger partial charge in [-0.1, -0.05) is 6.07 Å². The molecule has 0 aliphatic carbocycles. The molecule has 0 aliphatic rings. The van der Waals surface area contributed by atoms with E-state index in [1.807, 2.05) is 18.9 Å². The van der Waals surface area contributed by atoms with Gasteiger partial charge in [-0.25, -0.2) is 4.39 Å². The number of carboxylic acid groups (broad SMARTS) is 1. The zero-order valence-corrected chi connectivity index (χ0v) is 9.53. The molecular formula is C12H16FNO2. The van der Waals surface area contributed by atoms with Gasteiger partial charge in [0.2, 0.25) is 0 Å². The van der Waals surface area contributed by atoms with Crippen LogP contribution < -0.4 is 0 Å². The Morgan fingerprint density at radius 3 is 2.81 bits per heavy atom. The fourth-order valence-electron chi connectivity index (χ4n) is 1.47. The molecule has 4 heteroatoms. The number of carboxylic acids is 1. The highest BCUT2D eigenvalue weighted by Crippen LogP contribution is 2.12. The summed E-state index contributed by atoms with van der Waals surface area (Å²) in [7, 11) is 1.83. The van der Waals surface area contributed by atoms with Gasteiger partial charge in [0.15, 0.2) is 0 Å². The Kier molecular flexibility index (Phi) is 4.43. The highest BCUT2D eigenvalue weighted by Gasteiger charge is 2.06. The van der Waals surface area contributed by atoms with Crippen LogP contribution in [0, 0.1) is 12.7 Å². The SMILES string of the molecule is Cc1ccc(F)cc1CN(C)CCC(=O)O. The molecule has 0 radical (unpaired) electrons. The Morgan fingerprint density at radius 1 is 1.50 bits per heavy atom. The lowest BCUT2D eigenvalue weighted by atomic mass is 10.1. The van der Waals surface area contributed by atoms with Crippen molar-refractivity contribution in [2.75, 3.05) is 13.6 Å². The topological polar surface area (TPSA) is 40.5 Å². The third-order valence-corrected chi connectivity index (χ3v) is 2.46. The molecule has 0 bridgehead atoms. The summed E-state index contributed by atoms with van der Waals surface area (Å²) in [6, 6.07) is 4.65. The molecule has 0 saturated heterocycles. The van der Waals surface area contributed by atoms with E-state index in [-0.39, 0.29) is 12.2 Å². The number of hydrogen-bond acceptors (Lipinski definition) is 2. The molecule has 0 saturated carbocycles. The molecule has 0 spiro atoms. The summed E-state index contributed by atoms with van der Waals surface area (Å²) in [5, 5.41) is 8.54. The first kappa shape index (κ1) is 12.6. The molecule has 0 amide bonds. The maximum absolute atomic E-state index is 13.0. The maximum atomic E-state index is 13.0. The van der Waals surface area contributed by atoms with Gasteiger partial charge in [-0.3, -0.25) is 4.79 Å². The summed E-state index contributed by atoms with van der Waals surface area (Å²) < 4.78 is 13.0. The monoisotopic (exact) mass is 225 g/mol. The average Bonchev–Trinajstić information content (AvgIpc) is 2.20. The van der Waals surface area contributed by atoms with Crippen molar-refractivity contribution >= 4 is 5.97 Å². The molecule has 0 aromatic heterocycles. The molecule has 88 valence electrons. The van der Waals surface area contributed by atoms with Crippen LogP contribution in [0.5, 0.6) is 0 Å². The second-order valence-electron chi connectivity index (χ2n) is 3.95. The zero-order chi connectivity index (χ0) is 12.1. The van der Waals surface area contributed by atoms with Crippen LogP contribution in [0.4, 0.5) is 4.39 Å². The van der Waals surface area contributed by atoms with Crippen LogP contribution in [0.25, 0.3) is 0 Å². The number of benzene rings is 1. The van der Waals surface area contributed by atoms with Crippen molar-refractivity contribution in [2.24, 2.45) is 0 Å². The average molecular weight is 225 g/mol. The Hall–Kier alpha value is -1.42. The van der Waals surface area contributed by atoms with E-state index in [0.29, 0.717) is 13.1 Å². The van der Waals surface area contributed by atoms with Gasteiger partial charge in [-0.15, -0.1) is 0 Å². The largest absolute Gasteiger partial charge is 0.481 e. The van der Waals surface area contributed by atoms with E-state index in [9.17, 15) is 9.18 Å². The Labute approximate surface area is 94.5 Å². The molecule has 0 fully saturated rings. The first-order valence-electron chi connectivity index (χ1n) is 5.14. The van der Waals surface area contributed by atoms with E-state index in [0.717, 1.165) is 11.1 Å².